The molecule has 0 bridgehead atoms. The van der Waals surface area contributed by atoms with E-state index in [1.54, 1.807) is 0 Å². The molecule has 28 heavy (non-hydrogen) atoms. The van der Waals surface area contributed by atoms with Gasteiger partial charge in [0, 0.05) is 0 Å². The highest BCUT2D eigenvalue weighted by atomic mass is 16.5. The van der Waals surface area contributed by atoms with E-state index in [4.69, 9.17) is 4.74 Å². The van der Waals surface area contributed by atoms with Gasteiger partial charge in [-0.1, -0.05) is 50.6 Å². The summed E-state index contributed by atoms with van der Waals surface area (Å²) in [5, 5.41) is 2.86. The van der Waals surface area contributed by atoms with Crippen molar-refractivity contribution in [3.8, 4) is 0 Å². The van der Waals surface area contributed by atoms with E-state index in [2.05, 4.69) is 26.1 Å². The van der Waals surface area contributed by atoms with E-state index in [0.29, 0.717) is 18.8 Å². The van der Waals surface area contributed by atoms with E-state index in [0.717, 1.165) is 28.9 Å². The second kappa shape index (κ2) is 7.57. The van der Waals surface area contributed by atoms with E-state index in [9.17, 15) is 14.4 Å². The molecule has 1 aliphatic heterocycles. The Hall–Kier alpha value is -2.37. The molecule has 0 aromatic heterocycles. The van der Waals surface area contributed by atoms with Crippen molar-refractivity contribution in [3.05, 3.63) is 35.4 Å². The van der Waals surface area contributed by atoms with Crippen LogP contribution in [0.1, 0.15) is 57.6 Å². The number of nitrogens with one attached hydrogen (secondary N) is 1. The predicted octanol–water partition coefficient (Wildman–Crippen LogP) is 3.57. The van der Waals surface area contributed by atoms with E-state index < -0.39 is 17.5 Å². The number of nitrogens with zero attached hydrogens (tertiary/aromatic N) is 1. The Balaban J connectivity index is 1.57. The van der Waals surface area contributed by atoms with Gasteiger partial charge in [0.25, 0.3) is 5.91 Å². The minimum atomic E-state index is -0.852. The summed E-state index contributed by atoms with van der Waals surface area (Å²) in [7, 11) is 0. The zero-order valence-electron chi connectivity index (χ0n) is 17.2. The molecular formula is C22H30N2O4. The number of urea groups is 1. The van der Waals surface area contributed by atoms with Gasteiger partial charge >= 0.3 is 12.0 Å². The average molecular weight is 386 g/mol. The zero-order valence-corrected chi connectivity index (χ0v) is 17.2. The molecule has 1 spiro atoms. The Bertz CT molecular complexity index is 773. The molecule has 2 fully saturated rings. The van der Waals surface area contributed by atoms with E-state index in [-0.39, 0.29) is 24.5 Å². The maximum Gasteiger partial charge on any atom is 0.326 e. The van der Waals surface area contributed by atoms with Gasteiger partial charge in [-0.25, -0.2) is 4.79 Å². The fourth-order valence-electron chi connectivity index (χ4n) is 4.28. The van der Waals surface area contributed by atoms with Crippen molar-refractivity contribution < 1.29 is 19.1 Å². The van der Waals surface area contributed by atoms with Gasteiger partial charge in [0.1, 0.15) is 18.7 Å². The third-order valence-electron chi connectivity index (χ3n) is 6.08. The van der Waals surface area contributed by atoms with Crippen molar-refractivity contribution in [3.63, 3.8) is 0 Å². The standard InChI is InChI=1S/C22H30N2O4/c1-15-6-5-7-16(12-15)14-28-18(25)13-24-19(26)22(23-20(24)27)10-8-17(9-11-22)21(2,3)4/h5-7,12,17H,8-11,13-14H2,1-4H3,(H,23,27). The van der Waals surface area contributed by atoms with Crippen molar-refractivity contribution in [2.24, 2.45) is 11.3 Å². The van der Waals surface area contributed by atoms with Crippen LogP contribution in [0.4, 0.5) is 4.79 Å². The monoisotopic (exact) mass is 386 g/mol. The lowest BCUT2D eigenvalue weighted by molar-refractivity contribution is -0.149. The summed E-state index contributed by atoms with van der Waals surface area (Å²) in [6, 6.07) is 7.17. The molecule has 0 atom stereocenters. The number of carbonyl (C=O) groups excluding carboxylic acids is 3. The van der Waals surface area contributed by atoms with Crippen molar-refractivity contribution in [1.82, 2.24) is 10.2 Å². The van der Waals surface area contributed by atoms with Gasteiger partial charge in [0.2, 0.25) is 0 Å². The van der Waals surface area contributed by atoms with Crippen LogP contribution in [0, 0.1) is 18.3 Å². The Morgan fingerprint density at radius 1 is 1.25 bits per heavy atom. The molecule has 6 nitrogen and oxygen atoms in total. The second-order valence-corrected chi connectivity index (χ2v) is 9.19. The van der Waals surface area contributed by atoms with Gasteiger partial charge in [-0.2, -0.15) is 0 Å². The van der Waals surface area contributed by atoms with Crippen molar-refractivity contribution >= 4 is 17.9 Å². The molecule has 1 aromatic carbocycles. The maximum absolute atomic E-state index is 12.9. The average Bonchev–Trinajstić information content (AvgIpc) is 2.84. The highest BCUT2D eigenvalue weighted by Gasteiger charge is 2.53. The molecule has 3 rings (SSSR count). The zero-order chi connectivity index (χ0) is 20.5. The number of amides is 3. The normalized spacial score (nSPS) is 25.1. The molecule has 152 valence electrons. The summed E-state index contributed by atoms with van der Waals surface area (Å²) >= 11 is 0. The van der Waals surface area contributed by atoms with Crippen LogP contribution in [0.3, 0.4) is 0 Å². The van der Waals surface area contributed by atoms with Gasteiger partial charge in [0.15, 0.2) is 0 Å². The summed E-state index contributed by atoms with van der Waals surface area (Å²) in [6.45, 7) is 8.37. The van der Waals surface area contributed by atoms with E-state index in [1.165, 1.54) is 0 Å². The molecule has 1 saturated heterocycles. The summed E-state index contributed by atoms with van der Waals surface area (Å²) in [5.74, 6) is -0.348. The van der Waals surface area contributed by atoms with Gasteiger partial charge in [-0.05, 0) is 49.5 Å². The Morgan fingerprint density at radius 2 is 1.93 bits per heavy atom. The highest BCUT2D eigenvalue weighted by Crippen LogP contribution is 2.43. The smallest absolute Gasteiger partial charge is 0.326 e. The summed E-state index contributed by atoms with van der Waals surface area (Å²) < 4.78 is 5.27. The largest absolute Gasteiger partial charge is 0.459 e. The van der Waals surface area contributed by atoms with Crippen LogP contribution >= 0.6 is 0 Å². The van der Waals surface area contributed by atoms with Gasteiger partial charge in [0.05, 0.1) is 0 Å². The maximum atomic E-state index is 12.9. The van der Waals surface area contributed by atoms with Crippen LogP contribution in [-0.2, 0) is 20.9 Å². The number of aryl methyl sites for hydroxylation is 1. The first-order valence-electron chi connectivity index (χ1n) is 9.96. The summed E-state index contributed by atoms with van der Waals surface area (Å²) in [6.07, 6.45) is 3.02. The fraction of sp³-hybridized carbons (Fsp3) is 0.591. The van der Waals surface area contributed by atoms with Gasteiger partial charge in [-0.15, -0.1) is 0 Å². The second-order valence-electron chi connectivity index (χ2n) is 9.19. The molecule has 1 aromatic rings. The molecule has 1 saturated carbocycles. The van der Waals surface area contributed by atoms with Crippen LogP contribution < -0.4 is 5.32 Å². The predicted molar refractivity (Wildman–Crippen MR) is 105 cm³/mol. The number of ether oxygens (including phenoxy) is 1. The third-order valence-corrected chi connectivity index (χ3v) is 6.08. The van der Waals surface area contributed by atoms with Crippen molar-refractivity contribution in [2.75, 3.05) is 6.54 Å². The van der Waals surface area contributed by atoms with E-state index in [1.807, 2.05) is 31.2 Å². The highest BCUT2D eigenvalue weighted by molar-refractivity contribution is 6.08. The molecular weight excluding hydrogens is 356 g/mol. The van der Waals surface area contributed by atoms with Gasteiger partial charge in [-0.3, -0.25) is 14.5 Å². The van der Waals surface area contributed by atoms with Crippen LogP contribution in [0.15, 0.2) is 24.3 Å². The number of benzene rings is 1. The number of hydrogen-bond acceptors (Lipinski definition) is 4. The van der Waals surface area contributed by atoms with Crippen molar-refractivity contribution in [2.45, 2.75) is 65.5 Å². The van der Waals surface area contributed by atoms with Crippen molar-refractivity contribution in [1.29, 1.82) is 0 Å². The minimum Gasteiger partial charge on any atom is -0.459 e. The molecule has 0 radical (unpaired) electrons. The Labute approximate surface area is 166 Å². The lowest BCUT2D eigenvalue weighted by atomic mass is 9.67. The first-order valence-corrected chi connectivity index (χ1v) is 9.96. The van der Waals surface area contributed by atoms with Crippen LogP contribution in [0.5, 0.6) is 0 Å². The number of rotatable bonds is 4. The summed E-state index contributed by atoms with van der Waals surface area (Å²) in [5.41, 5.74) is 1.29. The van der Waals surface area contributed by atoms with E-state index >= 15 is 0 Å². The molecule has 1 N–H and O–H groups in total. The van der Waals surface area contributed by atoms with Crippen LogP contribution in [-0.4, -0.2) is 34.9 Å². The molecule has 1 aliphatic carbocycles. The number of imide groups is 1. The minimum absolute atomic E-state index is 0.128. The molecule has 1 heterocycles. The summed E-state index contributed by atoms with van der Waals surface area (Å²) in [4.78, 5) is 38.5. The third kappa shape index (κ3) is 4.21. The first-order chi connectivity index (χ1) is 13.1. The van der Waals surface area contributed by atoms with Crippen LogP contribution in [0.2, 0.25) is 0 Å². The lowest BCUT2D eigenvalue weighted by Gasteiger charge is -2.40. The lowest BCUT2D eigenvalue weighted by Crippen LogP contribution is -2.50. The molecule has 0 unspecified atom stereocenters. The molecule has 2 aliphatic rings. The topological polar surface area (TPSA) is 75.7 Å². The number of carbonyl (C=O) groups is 3. The SMILES string of the molecule is Cc1cccc(COC(=O)CN2C(=O)NC3(CCC(C(C)(C)C)CC3)C2=O)c1. The molecule has 6 heteroatoms. The molecule has 3 amide bonds. The quantitative estimate of drug-likeness (QED) is 0.634. The Kier molecular flexibility index (Phi) is 5.50. The number of esters is 1. The number of hydrogen-bond donors (Lipinski definition) is 1. The van der Waals surface area contributed by atoms with Crippen LogP contribution in [0.25, 0.3) is 0 Å². The van der Waals surface area contributed by atoms with Gasteiger partial charge < -0.3 is 10.1 Å². The fourth-order valence-corrected chi connectivity index (χ4v) is 4.28. The Morgan fingerprint density at radius 3 is 2.54 bits per heavy atom. The first kappa shape index (κ1) is 20.4.